The summed E-state index contributed by atoms with van der Waals surface area (Å²) in [4.78, 5) is 8.53. The molecule has 0 atom stereocenters. The Balaban J connectivity index is 3.02. The van der Waals surface area contributed by atoms with Crippen molar-refractivity contribution in [1.29, 1.82) is 0 Å². The van der Waals surface area contributed by atoms with E-state index in [-0.39, 0.29) is 0 Å². The highest BCUT2D eigenvalue weighted by molar-refractivity contribution is 9.10. The van der Waals surface area contributed by atoms with Crippen LogP contribution in [-0.4, -0.2) is 44.0 Å². The molecule has 0 spiro atoms. The molecule has 4 heteroatoms. The van der Waals surface area contributed by atoms with E-state index < -0.39 is 0 Å². The summed E-state index contributed by atoms with van der Waals surface area (Å²) < 4.78 is 1.04. The molecule has 3 nitrogen and oxygen atoms in total. The molecular weight excluding hydrogens is 254 g/mol. The molecule has 1 aromatic carbocycles. The second-order valence-corrected chi connectivity index (χ2v) is 4.60. The SMILES string of the molecule is CN(C)C(=Nc1cccc(Br)c1)N(C)C. The Labute approximate surface area is 99.5 Å². The lowest BCUT2D eigenvalue weighted by atomic mass is 10.3. The van der Waals surface area contributed by atoms with Gasteiger partial charge in [-0.15, -0.1) is 0 Å². The second-order valence-electron chi connectivity index (χ2n) is 3.68. The lowest BCUT2D eigenvalue weighted by Gasteiger charge is -2.22. The number of rotatable bonds is 1. The summed E-state index contributed by atoms with van der Waals surface area (Å²) in [7, 11) is 7.93. The van der Waals surface area contributed by atoms with Gasteiger partial charge in [-0.2, -0.15) is 0 Å². The molecule has 0 N–H and O–H groups in total. The first-order chi connectivity index (χ1) is 7.00. The van der Waals surface area contributed by atoms with E-state index in [0.717, 1.165) is 16.1 Å². The van der Waals surface area contributed by atoms with Gasteiger partial charge in [-0.3, -0.25) is 0 Å². The van der Waals surface area contributed by atoms with E-state index in [1.807, 2.05) is 62.3 Å². The molecular formula is C11H16BrN3. The molecule has 0 aliphatic heterocycles. The molecule has 0 aliphatic carbocycles. The minimum absolute atomic E-state index is 0.924. The molecule has 0 aromatic heterocycles. The highest BCUT2D eigenvalue weighted by Crippen LogP contribution is 2.18. The van der Waals surface area contributed by atoms with Crippen molar-refractivity contribution in [2.75, 3.05) is 28.2 Å². The Kier molecular flexibility index (Phi) is 4.15. The standard InChI is InChI=1S/C11H16BrN3/c1-14(2)11(15(3)4)13-10-7-5-6-9(12)8-10/h5-8H,1-4H3. The van der Waals surface area contributed by atoms with Crippen molar-refractivity contribution in [1.82, 2.24) is 9.80 Å². The van der Waals surface area contributed by atoms with E-state index in [1.54, 1.807) is 0 Å². The van der Waals surface area contributed by atoms with Gasteiger partial charge in [0.25, 0.3) is 0 Å². The van der Waals surface area contributed by atoms with Crippen molar-refractivity contribution in [3.05, 3.63) is 28.7 Å². The normalized spacial score (nSPS) is 9.67. The zero-order chi connectivity index (χ0) is 11.4. The average Bonchev–Trinajstić information content (AvgIpc) is 2.13. The summed E-state index contributed by atoms with van der Waals surface area (Å²) in [5.41, 5.74) is 0.946. The first-order valence-electron chi connectivity index (χ1n) is 4.69. The van der Waals surface area contributed by atoms with E-state index >= 15 is 0 Å². The van der Waals surface area contributed by atoms with Crippen LogP contribution in [0.2, 0.25) is 0 Å². The van der Waals surface area contributed by atoms with Gasteiger partial charge in [0.05, 0.1) is 5.69 Å². The second kappa shape index (κ2) is 5.16. The highest BCUT2D eigenvalue weighted by Gasteiger charge is 2.04. The molecule has 82 valence electrons. The quantitative estimate of drug-likeness (QED) is 0.577. The lowest BCUT2D eigenvalue weighted by Crippen LogP contribution is -2.35. The Morgan fingerprint density at radius 1 is 1.13 bits per heavy atom. The van der Waals surface area contributed by atoms with Gasteiger partial charge in [0.1, 0.15) is 0 Å². The third-order valence-corrected chi connectivity index (χ3v) is 2.33. The van der Waals surface area contributed by atoms with E-state index in [9.17, 15) is 0 Å². The fourth-order valence-electron chi connectivity index (χ4n) is 1.26. The van der Waals surface area contributed by atoms with E-state index in [1.165, 1.54) is 0 Å². The smallest absolute Gasteiger partial charge is 0.200 e. The number of hydrogen-bond donors (Lipinski definition) is 0. The molecule has 1 aromatic rings. The van der Waals surface area contributed by atoms with E-state index in [4.69, 9.17) is 0 Å². The summed E-state index contributed by atoms with van der Waals surface area (Å²) in [5.74, 6) is 0.924. The molecule has 0 fully saturated rings. The molecule has 0 saturated heterocycles. The van der Waals surface area contributed by atoms with Crippen LogP contribution >= 0.6 is 15.9 Å². The van der Waals surface area contributed by atoms with E-state index in [2.05, 4.69) is 20.9 Å². The number of benzene rings is 1. The Hall–Kier alpha value is -1.03. The van der Waals surface area contributed by atoms with Crippen LogP contribution in [0.5, 0.6) is 0 Å². The van der Waals surface area contributed by atoms with Crippen molar-refractivity contribution >= 4 is 27.6 Å². The largest absolute Gasteiger partial charge is 0.349 e. The molecule has 0 aliphatic rings. The fraction of sp³-hybridized carbons (Fsp3) is 0.364. The number of nitrogens with zero attached hydrogens (tertiary/aromatic N) is 3. The lowest BCUT2D eigenvalue weighted by molar-refractivity contribution is 0.484. The molecule has 0 saturated carbocycles. The van der Waals surface area contributed by atoms with Gasteiger partial charge < -0.3 is 9.80 Å². The highest BCUT2D eigenvalue weighted by atomic mass is 79.9. The summed E-state index contributed by atoms with van der Waals surface area (Å²) in [6, 6.07) is 7.95. The van der Waals surface area contributed by atoms with Gasteiger partial charge in [0.15, 0.2) is 0 Å². The molecule has 15 heavy (non-hydrogen) atoms. The van der Waals surface area contributed by atoms with Crippen LogP contribution < -0.4 is 0 Å². The number of aliphatic imine (C=N–C) groups is 1. The topological polar surface area (TPSA) is 18.8 Å². The third kappa shape index (κ3) is 3.55. The van der Waals surface area contributed by atoms with Crippen LogP contribution in [0.3, 0.4) is 0 Å². The summed E-state index contributed by atoms with van der Waals surface area (Å²) in [5, 5.41) is 0. The van der Waals surface area contributed by atoms with Gasteiger partial charge in [-0.25, -0.2) is 4.99 Å². The fourth-order valence-corrected chi connectivity index (χ4v) is 1.65. The first kappa shape index (κ1) is 12.0. The van der Waals surface area contributed by atoms with Crippen LogP contribution in [0, 0.1) is 0 Å². The van der Waals surface area contributed by atoms with Crippen LogP contribution in [0.25, 0.3) is 0 Å². The minimum Gasteiger partial charge on any atom is -0.349 e. The Morgan fingerprint density at radius 3 is 2.20 bits per heavy atom. The van der Waals surface area contributed by atoms with Gasteiger partial charge in [-0.05, 0) is 18.2 Å². The van der Waals surface area contributed by atoms with Crippen molar-refractivity contribution in [3.63, 3.8) is 0 Å². The Morgan fingerprint density at radius 2 is 1.73 bits per heavy atom. The van der Waals surface area contributed by atoms with Crippen LogP contribution in [0.4, 0.5) is 5.69 Å². The molecule has 0 unspecified atom stereocenters. The van der Waals surface area contributed by atoms with Crippen LogP contribution in [0.1, 0.15) is 0 Å². The molecule has 0 radical (unpaired) electrons. The third-order valence-electron chi connectivity index (χ3n) is 1.84. The summed E-state index contributed by atoms with van der Waals surface area (Å²) in [6.45, 7) is 0. The minimum atomic E-state index is 0.924. The maximum Gasteiger partial charge on any atom is 0.200 e. The van der Waals surface area contributed by atoms with Gasteiger partial charge in [0.2, 0.25) is 5.96 Å². The van der Waals surface area contributed by atoms with Crippen molar-refractivity contribution in [3.8, 4) is 0 Å². The van der Waals surface area contributed by atoms with Crippen molar-refractivity contribution in [2.45, 2.75) is 0 Å². The van der Waals surface area contributed by atoms with Crippen LogP contribution in [-0.2, 0) is 0 Å². The maximum absolute atomic E-state index is 4.56. The van der Waals surface area contributed by atoms with Gasteiger partial charge in [-0.1, -0.05) is 22.0 Å². The van der Waals surface area contributed by atoms with Crippen molar-refractivity contribution in [2.24, 2.45) is 4.99 Å². The summed E-state index contributed by atoms with van der Waals surface area (Å²) >= 11 is 3.43. The Bertz CT molecular complexity index is 349. The van der Waals surface area contributed by atoms with Crippen molar-refractivity contribution < 1.29 is 0 Å². The molecule has 0 bridgehead atoms. The molecule has 1 rings (SSSR count). The van der Waals surface area contributed by atoms with Gasteiger partial charge >= 0.3 is 0 Å². The number of hydrogen-bond acceptors (Lipinski definition) is 1. The molecule has 0 heterocycles. The first-order valence-corrected chi connectivity index (χ1v) is 5.49. The van der Waals surface area contributed by atoms with Gasteiger partial charge in [0, 0.05) is 32.7 Å². The number of guanidine groups is 1. The van der Waals surface area contributed by atoms with E-state index in [0.29, 0.717) is 0 Å². The predicted molar refractivity (Wildman–Crippen MR) is 68.6 cm³/mol. The summed E-state index contributed by atoms with van der Waals surface area (Å²) in [6.07, 6.45) is 0. The number of halogens is 1. The van der Waals surface area contributed by atoms with Crippen LogP contribution in [0.15, 0.2) is 33.7 Å². The zero-order valence-corrected chi connectivity index (χ0v) is 11.1. The predicted octanol–water partition coefficient (Wildman–Crippen LogP) is 2.56. The zero-order valence-electron chi connectivity index (χ0n) is 9.53. The monoisotopic (exact) mass is 269 g/mol. The molecule has 0 amide bonds. The maximum atomic E-state index is 4.56. The average molecular weight is 270 g/mol.